The van der Waals surface area contributed by atoms with Crippen LogP contribution in [0.1, 0.15) is 31.2 Å². The number of aryl methyl sites for hydroxylation is 1. The molecule has 0 aliphatic carbocycles. The molecule has 3 nitrogen and oxygen atoms in total. The first-order valence-electron chi connectivity index (χ1n) is 6.51. The van der Waals surface area contributed by atoms with E-state index in [0.29, 0.717) is 0 Å². The van der Waals surface area contributed by atoms with Gasteiger partial charge in [-0.25, -0.2) is 0 Å². The van der Waals surface area contributed by atoms with E-state index in [1.54, 1.807) is 24.3 Å². The predicted octanol–water partition coefficient (Wildman–Crippen LogP) is 3.62. The highest BCUT2D eigenvalue weighted by Gasteiger charge is 2.13. The summed E-state index contributed by atoms with van der Waals surface area (Å²) in [6, 6.07) is 6.73. The minimum atomic E-state index is -3.58. The zero-order chi connectivity index (χ0) is 14.1. The number of rotatable bonds is 9. The zero-order valence-electron chi connectivity index (χ0n) is 11.6. The minimum absolute atomic E-state index is 0.237. The van der Waals surface area contributed by atoms with Crippen LogP contribution in [0.3, 0.4) is 0 Å². The van der Waals surface area contributed by atoms with Gasteiger partial charge in [-0.2, -0.15) is 20.2 Å². The van der Waals surface area contributed by atoms with E-state index in [2.05, 4.69) is 6.26 Å². The Kier molecular flexibility index (Phi) is 7.49. The summed E-state index contributed by atoms with van der Waals surface area (Å²) in [5, 5.41) is 0. The lowest BCUT2D eigenvalue weighted by Gasteiger charge is -2.06. The van der Waals surface area contributed by atoms with Crippen molar-refractivity contribution in [1.29, 1.82) is 0 Å². The standard InChI is InChI=1S/C14H22O3S2/c1-13-7-9-14(10-8-13)19(15,16)17-11-5-3-4-6-12-18-2/h7-10H,3-6,11-12H2,1-2H3. The van der Waals surface area contributed by atoms with Gasteiger partial charge in [-0.1, -0.05) is 30.5 Å². The molecule has 5 heteroatoms. The molecule has 0 saturated carbocycles. The molecule has 0 N–H and O–H groups in total. The second kappa shape index (κ2) is 8.61. The second-order valence-electron chi connectivity index (χ2n) is 4.50. The highest BCUT2D eigenvalue weighted by atomic mass is 32.2. The maximum absolute atomic E-state index is 11.9. The summed E-state index contributed by atoms with van der Waals surface area (Å²) < 4.78 is 28.7. The first-order valence-corrected chi connectivity index (χ1v) is 9.31. The first kappa shape index (κ1) is 16.5. The quantitative estimate of drug-likeness (QED) is 0.516. The third-order valence-electron chi connectivity index (χ3n) is 2.79. The number of hydrogen-bond donors (Lipinski definition) is 0. The molecule has 0 radical (unpaired) electrons. The number of unbranched alkanes of at least 4 members (excludes halogenated alkanes) is 3. The van der Waals surface area contributed by atoms with Crippen molar-refractivity contribution in [2.24, 2.45) is 0 Å². The van der Waals surface area contributed by atoms with Crippen molar-refractivity contribution in [3.63, 3.8) is 0 Å². The third kappa shape index (κ3) is 6.45. The van der Waals surface area contributed by atoms with Crippen LogP contribution >= 0.6 is 11.8 Å². The lowest BCUT2D eigenvalue weighted by Crippen LogP contribution is -2.07. The Hall–Kier alpha value is -0.520. The van der Waals surface area contributed by atoms with Crippen molar-refractivity contribution in [1.82, 2.24) is 0 Å². The molecule has 1 rings (SSSR count). The van der Waals surface area contributed by atoms with Crippen LogP contribution in [-0.2, 0) is 14.3 Å². The fourth-order valence-electron chi connectivity index (χ4n) is 1.64. The van der Waals surface area contributed by atoms with Crippen LogP contribution in [0.2, 0.25) is 0 Å². The second-order valence-corrected chi connectivity index (χ2v) is 7.10. The molecule has 0 saturated heterocycles. The van der Waals surface area contributed by atoms with E-state index in [9.17, 15) is 8.42 Å². The molecule has 0 amide bonds. The Labute approximate surface area is 120 Å². The van der Waals surface area contributed by atoms with E-state index in [1.807, 2.05) is 18.7 Å². The molecule has 1 aromatic carbocycles. The molecule has 19 heavy (non-hydrogen) atoms. The molecule has 0 aliphatic rings. The van der Waals surface area contributed by atoms with Gasteiger partial charge in [-0.05, 0) is 43.9 Å². The smallest absolute Gasteiger partial charge is 0.266 e. The van der Waals surface area contributed by atoms with Crippen molar-refractivity contribution >= 4 is 21.9 Å². The Morgan fingerprint density at radius 1 is 1.05 bits per heavy atom. The van der Waals surface area contributed by atoms with Gasteiger partial charge in [-0.15, -0.1) is 0 Å². The lowest BCUT2D eigenvalue weighted by atomic mass is 10.2. The van der Waals surface area contributed by atoms with Crippen LogP contribution in [-0.4, -0.2) is 27.0 Å². The lowest BCUT2D eigenvalue weighted by molar-refractivity contribution is 0.307. The number of thioether (sulfide) groups is 1. The van der Waals surface area contributed by atoms with E-state index >= 15 is 0 Å². The van der Waals surface area contributed by atoms with Crippen LogP contribution in [0, 0.1) is 6.92 Å². The first-order chi connectivity index (χ1) is 9.06. The van der Waals surface area contributed by atoms with Gasteiger partial charge in [-0.3, -0.25) is 4.18 Å². The molecule has 0 aromatic heterocycles. The van der Waals surface area contributed by atoms with E-state index in [1.165, 1.54) is 12.2 Å². The summed E-state index contributed by atoms with van der Waals surface area (Å²) in [5.74, 6) is 1.17. The zero-order valence-corrected chi connectivity index (χ0v) is 13.2. The van der Waals surface area contributed by atoms with Crippen LogP contribution in [0.4, 0.5) is 0 Å². The van der Waals surface area contributed by atoms with Gasteiger partial charge in [0.25, 0.3) is 10.1 Å². The van der Waals surface area contributed by atoms with Crippen LogP contribution < -0.4 is 0 Å². The average molecular weight is 302 g/mol. The summed E-state index contributed by atoms with van der Waals surface area (Å²) in [6.45, 7) is 2.20. The number of benzene rings is 1. The third-order valence-corrected chi connectivity index (χ3v) is 4.81. The van der Waals surface area contributed by atoms with Crippen molar-refractivity contribution in [2.75, 3.05) is 18.6 Å². The summed E-state index contributed by atoms with van der Waals surface area (Å²) in [5.41, 5.74) is 1.03. The van der Waals surface area contributed by atoms with Gasteiger partial charge in [0, 0.05) is 0 Å². The maximum atomic E-state index is 11.9. The SMILES string of the molecule is CSCCCCCCOS(=O)(=O)c1ccc(C)cc1. The van der Waals surface area contributed by atoms with Gasteiger partial charge in [0.2, 0.25) is 0 Å². The fraction of sp³-hybridized carbons (Fsp3) is 0.571. The molecule has 0 spiro atoms. The molecular formula is C14H22O3S2. The predicted molar refractivity (Wildman–Crippen MR) is 81.2 cm³/mol. The van der Waals surface area contributed by atoms with Gasteiger partial charge in [0.15, 0.2) is 0 Å². The van der Waals surface area contributed by atoms with E-state index < -0.39 is 10.1 Å². The van der Waals surface area contributed by atoms with Crippen molar-refractivity contribution in [3.8, 4) is 0 Å². The Morgan fingerprint density at radius 3 is 2.32 bits per heavy atom. The van der Waals surface area contributed by atoms with Gasteiger partial charge < -0.3 is 0 Å². The Bertz CT molecular complexity index is 452. The van der Waals surface area contributed by atoms with E-state index in [0.717, 1.165) is 24.8 Å². The van der Waals surface area contributed by atoms with Crippen LogP contribution in [0.25, 0.3) is 0 Å². The van der Waals surface area contributed by atoms with Crippen molar-refractivity contribution in [2.45, 2.75) is 37.5 Å². The summed E-state index contributed by atoms with van der Waals surface area (Å²) in [7, 11) is -3.58. The van der Waals surface area contributed by atoms with Crippen LogP contribution in [0.15, 0.2) is 29.2 Å². The molecule has 0 fully saturated rings. The molecular weight excluding hydrogens is 280 g/mol. The average Bonchev–Trinajstić information content (AvgIpc) is 2.38. The van der Waals surface area contributed by atoms with E-state index in [4.69, 9.17) is 4.18 Å². The monoisotopic (exact) mass is 302 g/mol. The molecule has 0 bridgehead atoms. The summed E-state index contributed by atoms with van der Waals surface area (Å²) >= 11 is 1.84. The minimum Gasteiger partial charge on any atom is -0.266 e. The summed E-state index contributed by atoms with van der Waals surface area (Å²) in [4.78, 5) is 0.237. The largest absolute Gasteiger partial charge is 0.296 e. The normalized spacial score (nSPS) is 11.7. The summed E-state index contributed by atoms with van der Waals surface area (Å²) in [6.07, 6.45) is 6.22. The van der Waals surface area contributed by atoms with Gasteiger partial charge in [0.05, 0.1) is 11.5 Å². The molecule has 1 aromatic rings. The van der Waals surface area contributed by atoms with Crippen molar-refractivity contribution in [3.05, 3.63) is 29.8 Å². The highest BCUT2D eigenvalue weighted by molar-refractivity contribution is 7.98. The molecule has 0 aliphatic heterocycles. The Morgan fingerprint density at radius 2 is 1.68 bits per heavy atom. The molecule has 108 valence electrons. The van der Waals surface area contributed by atoms with Gasteiger partial charge in [0.1, 0.15) is 0 Å². The molecule has 0 heterocycles. The van der Waals surface area contributed by atoms with Gasteiger partial charge >= 0.3 is 0 Å². The number of hydrogen-bond acceptors (Lipinski definition) is 4. The van der Waals surface area contributed by atoms with Crippen LogP contribution in [0.5, 0.6) is 0 Å². The molecule has 0 unspecified atom stereocenters. The van der Waals surface area contributed by atoms with E-state index in [-0.39, 0.29) is 11.5 Å². The topological polar surface area (TPSA) is 43.4 Å². The maximum Gasteiger partial charge on any atom is 0.296 e. The highest BCUT2D eigenvalue weighted by Crippen LogP contribution is 2.14. The van der Waals surface area contributed by atoms with Crippen molar-refractivity contribution < 1.29 is 12.6 Å². The fourth-order valence-corrected chi connectivity index (χ4v) is 3.08. The molecule has 0 atom stereocenters. The Balaban J connectivity index is 2.29.